The molecule has 6 heteroatoms. The van der Waals surface area contributed by atoms with E-state index in [-0.39, 0.29) is 0 Å². The third kappa shape index (κ3) is 3.81. The van der Waals surface area contributed by atoms with Crippen LogP contribution in [0, 0.1) is 31.8 Å². The van der Waals surface area contributed by atoms with Crippen LogP contribution in [0.1, 0.15) is 32.9 Å². The lowest BCUT2D eigenvalue weighted by Crippen LogP contribution is -2.07. The zero-order chi connectivity index (χ0) is 21.1. The van der Waals surface area contributed by atoms with E-state index in [1.807, 2.05) is 32.0 Å². The number of nitriles is 1. The molecule has 1 heterocycles. The molecule has 0 spiro atoms. The van der Waals surface area contributed by atoms with Gasteiger partial charge in [-0.2, -0.15) is 5.26 Å². The highest BCUT2D eigenvalue weighted by Crippen LogP contribution is 2.35. The monoisotopic (exact) mass is 447 g/mol. The molecule has 0 unspecified atom stereocenters. The Morgan fingerprint density at radius 1 is 1.21 bits per heavy atom. The molecular formula is C23H18BrN3O2. The second-order valence-electron chi connectivity index (χ2n) is 6.58. The SMILES string of the molecule is [C-]#[N+]c1ccc(-c2c(C(=O)OC)c(C)n(Cc3ccc(C#N)cc3Br)c2C)cc1. The second-order valence-corrected chi connectivity index (χ2v) is 7.43. The van der Waals surface area contributed by atoms with Gasteiger partial charge in [0.25, 0.3) is 0 Å². The minimum Gasteiger partial charge on any atom is -0.465 e. The Labute approximate surface area is 178 Å². The summed E-state index contributed by atoms with van der Waals surface area (Å²) < 4.78 is 7.96. The van der Waals surface area contributed by atoms with Gasteiger partial charge in [-0.05, 0) is 37.1 Å². The fraction of sp³-hybridized carbons (Fsp3) is 0.174. The fourth-order valence-electron chi connectivity index (χ4n) is 3.44. The number of carbonyl (C=O) groups is 1. The largest absolute Gasteiger partial charge is 0.465 e. The van der Waals surface area contributed by atoms with E-state index in [0.29, 0.717) is 23.4 Å². The molecular weight excluding hydrogens is 430 g/mol. The number of rotatable bonds is 4. The molecule has 29 heavy (non-hydrogen) atoms. The molecule has 0 bridgehead atoms. The summed E-state index contributed by atoms with van der Waals surface area (Å²) in [5, 5.41) is 9.08. The van der Waals surface area contributed by atoms with Crippen molar-refractivity contribution in [1.82, 2.24) is 4.57 Å². The van der Waals surface area contributed by atoms with E-state index in [4.69, 9.17) is 16.6 Å². The summed E-state index contributed by atoms with van der Waals surface area (Å²) in [5.74, 6) is -0.396. The molecule has 0 radical (unpaired) electrons. The van der Waals surface area contributed by atoms with Gasteiger partial charge in [0, 0.05) is 28.0 Å². The van der Waals surface area contributed by atoms with Crippen LogP contribution in [0.3, 0.4) is 0 Å². The van der Waals surface area contributed by atoms with Crippen molar-refractivity contribution < 1.29 is 9.53 Å². The molecule has 0 aliphatic rings. The average Bonchev–Trinajstić information content (AvgIpc) is 2.99. The zero-order valence-corrected chi connectivity index (χ0v) is 17.9. The first-order valence-corrected chi connectivity index (χ1v) is 9.65. The molecule has 3 rings (SSSR count). The smallest absolute Gasteiger partial charge is 0.340 e. The number of ether oxygens (including phenoxy) is 1. The fourth-order valence-corrected chi connectivity index (χ4v) is 3.95. The van der Waals surface area contributed by atoms with Crippen molar-refractivity contribution in [3.63, 3.8) is 0 Å². The molecule has 1 aromatic heterocycles. The molecule has 0 fully saturated rings. The van der Waals surface area contributed by atoms with Gasteiger partial charge in [0.05, 0.1) is 30.9 Å². The Balaban J connectivity index is 2.16. The number of hydrogen-bond donors (Lipinski definition) is 0. The number of methoxy groups -OCH3 is 1. The second kappa shape index (κ2) is 8.34. The van der Waals surface area contributed by atoms with Gasteiger partial charge in [-0.15, -0.1) is 0 Å². The van der Waals surface area contributed by atoms with Crippen LogP contribution in [0.5, 0.6) is 0 Å². The molecule has 3 aromatic rings. The van der Waals surface area contributed by atoms with Gasteiger partial charge < -0.3 is 9.30 Å². The number of benzene rings is 2. The Bertz CT molecular complexity index is 1180. The number of hydrogen-bond acceptors (Lipinski definition) is 3. The van der Waals surface area contributed by atoms with Crippen LogP contribution in [-0.4, -0.2) is 17.6 Å². The zero-order valence-electron chi connectivity index (χ0n) is 16.3. The summed E-state index contributed by atoms with van der Waals surface area (Å²) in [4.78, 5) is 16.0. The van der Waals surface area contributed by atoms with Gasteiger partial charge in [-0.25, -0.2) is 9.64 Å². The first-order valence-electron chi connectivity index (χ1n) is 8.85. The van der Waals surface area contributed by atoms with Crippen molar-refractivity contribution in [3.8, 4) is 17.2 Å². The van der Waals surface area contributed by atoms with Crippen LogP contribution in [0.15, 0.2) is 46.9 Å². The molecule has 0 N–H and O–H groups in total. The highest BCUT2D eigenvalue weighted by molar-refractivity contribution is 9.10. The standard InChI is InChI=1S/C23H18BrN3O2/c1-14-21(17-7-9-19(26-3)10-8-17)22(23(28)29-4)15(2)27(14)13-18-6-5-16(12-25)11-20(18)24/h5-11H,13H2,1-2,4H3. The Hall–Kier alpha value is -3.35. The van der Waals surface area contributed by atoms with Crippen LogP contribution in [0.2, 0.25) is 0 Å². The summed E-state index contributed by atoms with van der Waals surface area (Å²) in [7, 11) is 1.37. The van der Waals surface area contributed by atoms with Gasteiger partial charge >= 0.3 is 5.97 Å². The van der Waals surface area contributed by atoms with E-state index in [2.05, 4.69) is 31.4 Å². The third-order valence-corrected chi connectivity index (χ3v) is 5.71. The lowest BCUT2D eigenvalue weighted by molar-refractivity contribution is 0.0600. The van der Waals surface area contributed by atoms with E-state index in [1.54, 1.807) is 24.3 Å². The quantitative estimate of drug-likeness (QED) is 0.375. The van der Waals surface area contributed by atoms with E-state index < -0.39 is 5.97 Å². The number of carbonyl (C=O) groups excluding carboxylic acids is 1. The third-order valence-electron chi connectivity index (χ3n) is 4.97. The Morgan fingerprint density at radius 3 is 2.45 bits per heavy atom. The molecule has 2 aromatic carbocycles. The maximum atomic E-state index is 12.6. The topological polar surface area (TPSA) is 59.4 Å². The first kappa shape index (κ1) is 20.4. The van der Waals surface area contributed by atoms with Crippen LogP contribution < -0.4 is 0 Å². The van der Waals surface area contributed by atoms with Crippen LogP contribution in [-0.2, 0) is 11.3 Å². The normalized spacial score (nSPS) is 10.3. The van der Waals surface area contributed by atoms with Gasteiger partial charge in [0.15, 0.2) is 5.69 Å². The van der Waals surface area contributed by atoms with Gasteiger partial charge in [0.1, 0.15) is 0 Å². The molecule has 0 atom stereocenters. The molecule has 0 saturated carbocycles. The highest BCUT2D eigenvalue weighted by Gasteiger charge is 2.25. The lowest BCUT2D eigenvalue weighted by Gasteiger charge is -2.12. The highest BCUT2D eigenvalue weighted by atomic mass is 79.9. The first-order chi connectivity index (χ1) is 13.9. The number of nitrogens with zero attached hydrogens (tertiary/aromatic N) is 3. The Morgan fingerprint density at radius 2 is 1.90 bits per heavy atom. The van der Waals surface area contributed by atoms with Gasteiger partial charge in [0.2, 0.25) is 0 Å². The molecule has 0 saturated heterocycles. The number of esters is 1. The summed E-state index contributed by atoms with van der Waals surface area (Å²) in [6, 6.07) is 14.8. The van der Waals surface area contributed by atoms with Crippen molar-refractivity contribution >= 4 is 27.6 Å². The van der Waals surface area contributed by atoms with Crippen molar-refractivity contribution in [2.45, 2.75) is 20.4 Å². The molecule has 0 aliphatic heterocycles. The van der Waals surface area contributed by atoms with Gasteiger partial charge in [-0.3, -0.25) is 0 Å². The van der Waals surface area contributed by atoms with Crippen molar-refractivity contribution in [1.29, 1.82) is 5.26 Å². The van der Waals surface area contributed by atoms with Crippen molar-refractivity contribution in [2.75, 3.05) is 7.11 Å². The maximum absolute atomic E-state index is 12.6. The van der Waals surface area contributed by atoms with Gasteiger partial charge in [-0.1, -0.05) is 46.3 Å². The van der Waals surface area contributed by atoms with Crippen molar-refractivity contribution in [2.24, 2.45) is 0 Å². The van der Waals surface area contributed by atoms with E-state index in [9.17, 15) is 4.79 Å². The summed E-state index contributed by atoms with van der Waals surface area (Å²) in [6.45, 7) is 11.5. The maximum Gasteiger partial charge on any atom is 0.340 e. The summed E-state index contributed by atoms with van der Waals surface area (Å²) >= 11 is 3.54. The summed E-state index contributed by atoms with van der Waals surface area (Å²) in [5.41, 5.74) is 6.03. The molecule has 0 aliphatic carbocycles. The van der Waals surface area contributed by atoms with E-state index in [1.165, 1.54) is 7.11 Å². The molecule has 0 amide bonds. The predicted octanol–water partition coefficient (Wildman–Crippen LogP) is 5.79. The van der Waals surface area contributed by atoms with E-state index >= 15 is 0 Å². The van der Waals surface area contributed by atoms with Crippen molar-refractivity contribution in [3.05, 3.63) is 86.4 Å². The molecule has 144 valence electrons. The average molecular weight is 448 g/mol. The molecule has 5 nitrogen and oxygen atoms in total. The number of aromatic nitrogens is 1. The predicted molar refractivity (Wildman–Crippen MR) is 115 cm³/mol. The minimum absolute atomic E-state index is 0.396. The minimum atomic E-state index is -0.396. The Kier molecular flexibility index (Phi) is 5.87. The number of halogens is 1. The lowest BCUT2D eigenvalue weighted by atomic mass is 10.0. The van der Waals surface area contributed by atoms with Crippen LogP contribution in [0.25, 0.3) is 16.0 Å². The van der Waals surface area contributed by atoms with E-state index in [0.717, 1.165) is 32.6 Å². The summed E-state index contributed by atoms with van der Waals surface area (Å²) in [6.07, 6.45) is 0. The van der Waals surface area contributed by atoms with Crippen LogP contribution >= 0.6 is 15.9 Å². The van der Waals surface area contributed by atoms with Crippen LogP contribution in [0.4, 0.5) is 5.69 Å².